The lowest BCUT2D eigenvalue weighted by Crippen LogP contribution is -2.30. The molecule has 0 radical (unpaired) electrons. The smallest absolute Gasteiger partial charge is 0.319 e. The largest absolute Gasteiger partial charge is 0.339 e. The van der Waals surface area contributed by atoms with E-state index < -0.39 is 0 Å². The zero-order chi connectivity index (χ0) is 14.4. The highest BCUT2D eigenvalue weighted by Gasteiger charge is 2.19. The number of hydrogen-bond donors (Lipinski definition) is 2. The van der Waals surface area contributed by atoms with E-state index in [-0.39, 0.29) is 11.9 Å². The maximum atomic E-state index is 12.3. The second-order valence-electron chi connectivity index (χ2n) is 4.96. The van der Waals surface area contributed by atoms with E-state index >= 15 is 0 Å². The van der Waals surface area contributed by atoms with Crippen molar-refractivity contribution in [1.82, 2.24) is 10.2 Å². The van der Waals surface area contributed by atoms with Crippen LogP contribution in [-0.2, 0) is 0 Å². The Bertz CT molecular complexity index is 482. The van der Waals surface area contributed by atoms with Crippen LogP contribution in [0.5, 0.6) is 0 Å². The van der Waals surface area contributed by atoms with Crippen molar-refractivity contribution < 1.29 is 9.59 Å². The molecule has 1 aliphatic rings. The van der Waals surface area contributed by atoms with Gasteiger partial charge in [0.2, 0.25) is 0 Å². The third-order valence-electron chi connectivity index (χ3n) is 3.30. The number of nitrogens with zero attached hydrogens (tertiary/aromatic N) is 1. The van der Waals surface area contributed by atoms with Gasteiger partial charge in [-0.15, -0.1) is 0 Å². The van der Waals surface area contributed by atoms with E-state index in [2.05, 4.69) is 10.6 Å². The first-order chi connectivity index (χ1) is 9.70. The van der Waals surface area contributed by atoms with Gasteiger partial charge in [-0.3, -0.25) is 4.79 Å². The van der Waals surface area contributed by atoms with Crippen molar-refractivity contribution in [3.8, 4) is 0 Å². The van der Waals surface area contributed by atoms with Crippen LogP contribution in [0.2, 0.25) is 0 Å². The Labute approximate surface area is 119 Å². The number of likely N-dealkylation sites (tertiary alicyclic amines) is 1. The van der Waals surface area contributed by atoms with Gasteiger partial charge in [0.05, 0.1) is 0 Å². The maximum absolute atomic E-state index is 12.3. The summed E-state index contributed by atoms with van der Waals surface area (Å²) in [5, 5.41) is 5.48. The summed E-state index contributed by atoms with van der Waals surface area (Å²) in [6.45, 7) is 4.29. The molecule has 0 atom stereocenters. The summed E-state index contributed by atoms with van der Waals surface area (Å²) in [6, 6.07) is 6.85. The Hall–Kier alpha value is -2.04. The number of nitrogens with one attached hydrogen (secondary N) is 2. The van der Waals surface area contributed by atoms with Crippen LogP contribution in [0.1, 0.15) is 36.5 Å². The number of rotatable bonds is 4. The van der Waals surface area contributed by atoms with E-state index in [1.165, 1.54) is 0 Å². The van der Waals surface area contributed by atoms with Crippen LogP contribution in [0.25, 0.3) is 0 Å². The Morgan fingerprint density at radius 3 is 2.70 bits per heavy atom. The monoisotopic (exact) mass is 275 g/mol. The summed E-state index contributed by atoms with van der Waals surface area (Å²) < 4.78 is 0. The number of hydrogen-bond acceptors (Lipinski definition) is 2. The average Bonchev–Trinajstić information content (AvgIpc) is 2.98. The van der Waals surface area contributed by atoms with E-state index in [1.807, 2.05) is 11.8 Å². The summed E-state index contributed by atoms with van der Waals surface area (Å²) in [5.41, 5.74) is 1.27. The number of urea groups is 1. The molecule has 1 aliphatic heterocycles. The lowest BCUT2D eigenvalue weighted by atomic mass is 10.2. The van der Waals surface area contributed by atoms with Gasteiger partial charge in [-0.1, -0.05) is 13.0 Å². The summed E-state index contributed by atoms with van der Waals surface area (Å²) in [6.07, 6.45) is 3.03. The van der Waals surface area contributed by atoms with Gasteiger partial charge < -0.3 is 15.5 Å². The van der Waals surface area contributed by atoms with Crippen LogP contribution < -0.4 is 10.6 Å². The zero-order valence-electron chi connectivity index (χ0n) is 11.8. The van der Waals surface area contributed by atoms with Crippen LogP contribution in [0.3, 0.4) is 0 Å². The lowest BCUT2D eigenvalue weighted by Gasteiger charge is -2.15. The van der Waals surface area contributed by atoms with E-state index in [0.717, 1.165) is 32.4 Å². The molecule has 2 N–H and O–H groups in total. The minimum atomic E-state index is -0.238. The summed E-state index contributed by atoms with van der Waals surface area (Å²) in [7, 11) is 0. The highest BCUT2D eigenvalue weighted by atomic mass is 16.2. The van der Waals surface area contributed by atoms with Crippen molar-refractivity contribution in [2.24, 2.45) is 0 Å². The Balaban J connectivity index is 2.00. The molecule has 1 aromatic rings. The topological polar surface area (TPSA) is 61.4 Å². The van der Waals surface area contributed by atoms with Gasteiger partial charge in [0, 0.05) is 30.9 Å². The number of benzene rings is 1. The molecule has 1 aromatic carbocycles. The standard InChI is InChI=1S/C15H21N3O2/c1-2-8-16-15(20)17-13-7-5-6-12(11-13)14(19)18-9-3-4-10-18/h5-7,11H,2-4,8-10H2,1H3,(H2,16,17,20). The number of carbonyl (C=O) groups is 2. The van der Waals surface area contributed by atoms with Gasteiger partial charge >= 0.3 is 6.03 Å². The molecule has 1 fully saturated rings. The van der Waals surface area contributed by atoms with E-state index in [1.54, 1.807) is 24.3 Å². The van der Waals surface area contributed by atoms with Crippen molar-refractivity contribution in [3.05, 3.63) is 29.8 Å². The molecule has 3 amide bonds. The molecule has 2 rings (SSSR count). The van der Waals surface area contributed by atoms with Crippen molar-refractivity contribution in [2.45, 2.75) is 26.2 Å². The Kier molecular flexibility index (Phi) is 4.98. The fourth-order valence-corrected chi connectivity index (χ4v) is 2.25. The highest BCUT2D eigenvalue weighted by Crippen LogP contribution is 2.16. The molecule has 1 saturated heterocycles. The average molecular weight is 275 g/mol. The number of amides is 3. The second-order valence-corrected chi connectivity index (χ2v) is 4.96. The van der Waals surface area contributed by atoms with Crippen LogP contribution in [0.4, 0.5) is 10.5 Å². The van der Waals surface area contributed by atoms with Crippen LogP contribution in [0.15, 0.2) is 24.3 Å². The molecule has 0 bridgehead atoms. The van der Waals surface area contributed by atoms with Crippen molar-refractivity contribution >= 4 is 17.6 Å². The summed E-state index contributed by atoms with van der Waals surface area (Å²) in [4.78, 5) is 25.7. The van der Waals surface area contributed by atoms with Gasteiger partial charge in [-0.25, -0.2) is 4.79 Å². The molecule has 0 aliphatic carbocycles. The Morgan fingerprint density at radius 2 is 2.00 bits per heavy atom. The first kappa shape index (κ1) is 14.4. The van der Waals surface area contributed by atoms with Crippen LogP contribution >= 0.6 is 0 Å². The molecule has 0 unspecified atom stereocenters. The highest BCUT2D eigenvalue weighted by molar-refractivity contribution is 5.97. The first-order valence-electron chi connectivity index (χ1n) is 7.15. The zero-order valence-corrected chi connectivity index (χ0v) is 11.8. The third-order valence-corrected chi connectivity index (χ3v) is 3.30. The predicted octanol–water partition coefficient (Wildman–Crippen LogP) is 2.45. The van der Waals surface area contributed by atoms with Crippen molar-refractivity contribution in [3.63, 3.8) is 0 Å². The van der Waals surface area contributed by atoms with E-state index in [0.29, 0.717) is 17.8 Å². The maximum Gasteiger partial charge on any atom is 0.319 e. The Morgan fingerprint density at radius 1 is 1.25 bits per heavy atom. The fourth-order valence-electron chi connectivity index (χ4n) is 2.25. The van der Waals surface area contributed by atoms with Gasteiger partial charge in [-0.05, 0) is 37.5 Å². The first-order valence-corrected chi connectivity index (χ1v) is 7.15. The van der Waals surface area contributed by atoms with E-state index in [4.69, 9.17) is 0 Å². The normalized spacial score (nSPS) is 14.2. The molecule has 20 heavy (non-hydrogen) atoms. The van der Waals surface area contributed by atoms with Gasteiger partial charge in [0.1, 0.15) is 0 Å². The second kappa shape index (κ2) is 6.93. The SMILES string of the molecule is CCCNC(=O)Nc1cccc(C(=O)N2CCCC2)c1. The molecule has 108 valence electrons. The summed E-state index contributed by atoms with van der Waals surface area (Å²) >= 11 is 0. The molecule has 0 saturated carbocycles. The molecule has 0 spiro atoms. The number of carbonyl (C=O) groups excluding carboxylic acids is 2. The fraction of sp³-hybridized carbons (Fsp3) is 0.467. The van der Waals surface area contributed by atoms with Crippen molar-refractivity contribution in [1.29, 1.82) is 0 Å². The third kappa shape index (κ3) is 3.73. The molecular formula is C15H21N3O2. The predicted molar refractivity (Wildman–Crippen MR) is 78.9 cm³/mol. The van der Waals surface area contributed by atoms with Gasteiger partial charge in [0.25, 0.3) is 5.91 Å². The molecule has 1 heterocycles. The molecule has 5 heteroatoms. The molecule has 5 nitrogen and oxygen atoms in total. The number of anilines is 1. The van der Waals surface area contributed by atoms with E-state index in [9.17, 15) is 9.59 Å². The summed E-state index contributed by atoms with van der Waals surface area (Å²) in [5.74, 6) is 0.0418. The van der Waals surface area contributed by atoms with Crippen LogP contribution in [-0.4, -0.2) is 36.5 Å². The minimum absolute atomic E-state index is 0.0418. The molecule has 0 aromatic heterocycles. The van der Waals surface area contributed by atoms with Gasteiger partial charge in [0.15, 0.2) is 0 Å². The van der Waals surface area contributed by atoms with Crippen molar-refractivity contribution in [2.75, 3.05) is 25.0 Å². The minimum Gasteiger partial charge on any atom is -0.339 e. The lowest BCUT2D eigenvalue weighted by molar-refractivity contribution is 0.0793. The molecular weight excluding hydrogens is 254 g/mol. The van der Waals surface area contributed by atoms with Crippen LogP contribution in [0, 0.1) is 0 Å². The quantitative estimate of drug-likeness (QED) is 0.886. The van der Waals surface area contributed by atoms with Gasteiger partial charge in [-0.2, -0.15) is 0 Å².